The molecule has 0 aliphatic rings. The van der Waals surface area contributed by atoms with Crippen molar-refractivity contribution in [2.75, 3.05) is 7.05 Å². The first-order valence-corrected chi connectivity index (χ1v) is 7.18. The summed E-state index contributed by atoms with van der Waals surface area (Å²) in [6.07, 6.45) is 0.518. The number of ether oxygens (including phenoxy) is 1. The highest BCUT2D eigenvalue weighted by Gasteiger charge is 2.22. The predicted molar refractivity (Wildman–Crippen MR) is 81.3 cm³/mol. The Balaban J connectivity index is 2.62. The Hall–Kier alpha value is -1.03. The number of hydrogen-bond donors (Lipinski definition) is 0. The second-order valence-electron chi connectivity index (χ2n) is 5.77. The maximum absolute atomic E-state index is 12.0. The molecule has 0 aromatic heterocycles. The number of nitrogens with zero attached hydrogens (tertiary/aromatic N) is 1. The van der Waals surface area contributed by atoms with Crippen LogP contribution in [-0.4, -0.2) is 29.7 Å². The minimum Gasteiger partial charge on any atom is -0.444 e. The minimum absolute atomic E-state index is 0.0872. The molecule has 0 bridgehead atoms. The Bertz CT molecular complexity index is 440. The smallest absolute Gasteiger partial charge is 0.410 e. The van der Waals surface area contributed by atoms with E-state index in [0.717, 1.165) is 10.9 Å². The highest BCUT2D eigenvalue weighted by molar-refractivity contribution is 9.10. The fourth-order valence-electron chi connectivity index (χ4n) is 1.66. The molecule has 1 rings (SSSR count). The van der Waals surface area contributed by atoms with Crippen molar-refractivity contribution in [2.24, 2.45) is 0 Å². The molecule has 0 fully saturated rings. The van der Waals surface area contributed by atoms with E-state index in [9.17, 15) is 4.79 Å². The van der Waals surface area contributed by atoms with Crippen LogP contribution in [0, 0.1) is 0 Å². The molecule has 0 saturated heterocycles. The molecule has 1 atom stereocenters. The maximum atomic E-state index is 12.0. The van der Waals surface area contributed by atoms with Crippen molar-refractivity contribution in [3.05, 3.63) is 34.3 Å². The zero-order valence-corrected chi connectivity index (χ0v) is 13.8. The number of likely N-dealkylation sites (N-methyl/N-ethyl adjacent to an activating group) is 1. The molecule has 1 aromatic carbocycles. The minimum atomic E-state index is -0.458. The molecule has 1 aromatic rings. The van der Waals surface area contributed by atoms with E-state index >= 15 is 0 Å². The van der Waals surface area contributed by atoms with Gasteiger partial charge in [-0.2, -0.15) is 0 Å². The van der Waals surface area contributed by atoms with E-state index in [-0.39, 0.29) is 12.1 Å². The number of carbonyl (C=O) groups is 1. The highest BCUT2D eigenvalue weighted by Crippen LogP contribution is 2.16. The van der Waals surface area contributed by atoms with Gasteiger partial charge in [-0.25, -0.2) is 4.79 Å². The fourth-order valence-corrected chi connectivity index (χ4v) is 2.10. The SMILES string of the molecule is CC(Cc1cccc(Br)c1)N(C)C(=O)OC(C)(C)C. The van der Waals surface area contributed by atoms with E-state index in [2.05, 4.69) is 28.1 Å². The fraction of sp³-hybridized carbons (Fsp3) is 0.533. The third-order valence-corrected chi connectivity index (χ3v) is 3.26. The molecular weight excluding hydrogens is 306 g/mol. The lowest BCUT2D eigenvalue weighted by Crippen LogP contribution is -2.40. The number of amides is 1. The number of benzene rings is 1. The molecule has 0 saturated carbocycles. The molecule has 0 heterocycles. The Kier molecular flexibility index (Phi) is 5.41. The molecule has 3 nitrogen and oxygen atoms in total. The second kappa shape index (κ2) is 6.42. The monoisotopic (exact) mass is 327 g/mol. The first kappa shape index (κ1) is 16.0. The summed E-state index contributed by atoms with van der Waals surface area (Å²) in [5.41, 5.74) is 0.734. The van der Waals surface area contributed by atoms with Gasteiger partial charge >= 0.3 is 6.09 Å². The van der Waals surface area contributed by atoms with Crippen LogP contribution in [0.2, 0.25) is 0 Å². The summed E-state index contributed by atoms with van der Waals surface area (Å²) in [4.78, 5) is 13.6. The summed E-state index contributed by atoms with van der Waals surface area (Å²) in [6.45, 7) is 7.64. The van der Waals surface area contributed by atoms with Crippen LogP contribution in [0.3, 0.4) is 0 Å². The van der Waals surface area contributed by atoms with Crippen LogP contribution in [0.1, 0.15) is 33.3 Å². The Morgan fingerprint density at radius 1 is 1.42 bits per heavy atom. The van der Waals surface area contributed by atoms with Crippen LogP contribution >= 0.6 is 15.9 Å². The largest absolute Gasteiger partial charge is 0.444 e. The molecule has 106 valence electrons. The van der Waals surface area contributed by atoms with Gasteiger partial charge in [0.2, 0.25) is 0 Å². The van der Waals surface area contributed by atoms with Crippen LogP contribution in [-0.2, 0) is 11.2 Å². The third-order valence-electron chi connectivity index (χ3n) is 2.76. The molecule has 4 heteroatoms. The van der Waals surface area contributed by atoms with Gasteiger partial charge in [-0.05, 0) is 51.8 Å². The Labute approximate surface area is 124 Å². The number of halogens is 1. The average Bonchev–Trinajstić information content (AvgIpc) is 2.25. The summed E-state index contributed by atoms with van der Waals surface area (Å²) < 4.78 is 6.41. The molecule has 0 N–H and O–H groups in total. The van der Waals surface area contributed by atoms with Gasteiger partial charge in [0.25, 0.3) is 0 Å². The lowest BCUT2D eigenvalue weighted by molar-refractivity contribution is 0.0236. The summed E-state index contributed by atoms with van der Waals surface area (Å²) in [6, 6.07) is 8.21. The van der Waals surface area contributed by atoms with Gasteiger partial charge in [0, 0.05) is 17.6 Å². The third kappa shape index (κ3) is 5.64. The van der Waals surface area contributed by atoms with E-state index in [1.54, 1.807) is 11.9 Å². The zero-order valence-electron chi connectivity index (χ0n) is 12.2. The van der Waals surface area contributed by atoms with Crippen LogP contribution in [0.25, 0.3) is 0 Å². The molecule has 0 aliphatic carbocycles. The standard InChI is InChI=1S/C15H22BrNO2/c1-11(9-12-7-6-8-13(16)10-12)17(5)14(18)19-15(2,3)4/h6-8,10-11H,9H2,1-5H3. The van der Waals surface area contributed by atoms with E-state index in [4.69, 9.17) is 4.74 Å². The molecular formula is C15H22BrNO2. The van der Waals surface area contributed by atoms with E-state index in [1.807, 2.05) is 39.8 Å². The van der Waals surface area contributed by atoms with Gasteiger partial charge in [0.1, 0.15) is 5.60 Å². The average molecular weight is 328 g/mol. The van der Waals surface area contributed by atoms with Crippen LogP contribution in [0.15, 0.2) is 28.7 Å². The number of rotatable bonds is 3. The van der Waals surface area contributed by atoms with Gasteiger partial charge in [-0.15, -0.1) is 0 Å². The van der Waals surface area contributed by atoms with Gasteiger partial charge in [-0.1, -0.05) is 28.1 Å². The van der Waals surface area contributed by atoms with Crippen molar-refractivity contribution in [1.29, 1.82) is 0 Å². The summed E-state index contributed by atoms with van der Waals surface area (Å²) in [5, 5.41) is 0. The first-order chi connectivity index (χ1) is 8.69. The van der Waals surface area contributed by atoms with E-state index in [0.29, 0.717) is 0 Å². The quantitative estimate of drug-likeness (QED) is 0.830. The van der Waals surface area contributed by atoms with Crippen LogP contribution in [0.5, 0.6) is 0 Å². The normalized spacial score (nSPS) is 12.9. The van der Waals surface area contributed by atoms with Crippen LogP contribution in [0.4, 0.5) is 4.79 Å². The molecule has 0 radical (unpaired) electrons. The summed E-state index contributed by atoms with van der Waals surface area (Å²) >= 11 is 3.45. The van der Waals surface area contributed by atoms with Gasteiger partial charge in [-0.3, -0.25) is 0 Å². The highest BCUT2D eigenvalue weighted by atomic mass is 79.9. The van der Waals surface area contributed by atoms with Gasteiger partial charge in [0.15, 0.2) is 0 Å². The van der Waals surface area contributed by atoms with Crippen molar-refractivity contribution in [2.45, 2.75) is 45.8 Å². The molecule has 0 spiro atoms. The molecule has 1 amide bonds. The Morgan fingerprint density at radius 2 is 2.05 bits per heavy atom. The number of hydrogen-bond acceptors (Lipinski definition) is 2. The molecule has 0 aliphatic heterocycles. The van der Waals surface area contributed by atoms with Gasteiger partial charge < -0.3 is 9.64 Å². The lowest BCUT2D eigenvalue weighted by Gasteiger charge is -2.28. The zero-order chi connectivity index (χ0) is 14.6. The van der Waals surface area contributed by atoms with E-state index < -0.39 is 5.60 Å². The molecule has 19 heavy (non-hydrogen) atoms. The first-order valence-electron chi connectivity index (χ1n) is 6.39. The lowest BCUT2D eigenvalue weighted by atomic mass is 10.1. The predicted octanol–water partition coefficient (Wildman–Crippen LogP) is 4.25. The topological polar surface area (TPSA) is 29.5 Å². The van der Waals surface area contributed by atoms with Crippen LogP contribution < -0.4 is 0 Å². The van der Waals surface area contributed by atoms with Crippen molar-refractivity contribution >= 4 is 22.0 Å². The molecule has 1 unspecified atom stereocenters. The van der Waals surface area contributed by atoms with E-state index in [1.165, 1.54) is 5.56 Å². The van der Waals surface area contributed by atoms with Crippen molar-refractivity contribution in [3.63, 3.8) is 0 Å². The summed E-state index contributed by atoms with van der Waals surface area (Å²) in [7, 11) is 1.77. The number of carbonyl (C=O) groups excluding carboxylic acids is 1. The second-order valence-corrected chi connectivity index (χ2v) is 6.69. The van der Waals surface area contributed by atoms with Crippen molar-refractivity contribution in [3.8, 4) is 0 Å². The van der Waals surface area contributed by atoms with Crippen molar-refractivity contribution < 1.29 is 9.53 Å². The Morgan fingerprint density at radius 3 is 2.58 bits per heavy atom. The summed E-state index contributed by atoms with van der Waals surface area (Å²) in [5.74, 6) is 0. The van der Waals surface area contributed by atoms with Crippen molar-refractivity contribution in [1.82, 2.24) is 4.90 Å². The van der Waals surface area contributed by atoms with Gasteiger partial charge in [0.05, 0.1) is 0 Å². The maximum Gasteiger partial charge on any atom is 0.410 e.